The summed E-state index contributed by atoms with van der Waals surface area (Å²) in [6.45, 7) is 2.57. The zero-order valence-electron chi connectivity index (χ0n) is 15.7. The number of benzene rings is 1. The van der Waals surface area contributed by atoms with Crippen molar-refractivity contribution in [2.45, 2.75) is 31.9 Å². The SMILES string of the molecule is O=C(Nc1cn2c(-c3ccc(CN4CC[C@H](O)C4)cc3)cccc2n1)C1CC1. The number of pyridine rings is 1. The first-order valence-electron chi connectivity index (χ1n) is 9.94. The van der Waals surface area contributed by atoms with Gasteiger partial charge in [-0.05, 0) is 42.5 Å². The normalized spacial score (nSPS) is 20.0. The Hall–Kier alpha value is -2.70. The van der Waals surface area contributed by atoms with E-state index < -0.39 is 0 Å². The summed E-state index contributed by atoms with van der Waals surface area (Å²) < 4.78 is 2.02. The van der Waals surface area contributed by atoms with Crippen molar-refractivity contribution in [3.63, 3.8) is 0 Å². The summed E-state index contributed by atoms with van der Waals surface area (Å²) in [7, 11) is 0. The number of amides is 1. The van der Waals surface area contributed by atoms with Crippen LogP contribution in [0.1, 0.15) is 24.8 Å². The van der Waals surface area contributed by atoms with E-state index in [9.17, 15) is 9.90 Å². The molecule has 5 rings (SSSR count). The van der Waals surface area contributed by atoms with Gasteiger partial charge in [-0.2, -0.15) is 0 Å². The molecule has 2 aliphatic rings. The van der Waals surface area contributed by atoms with Crippen LogP contribution in [0.2, 0.25) is 0 Å². The molecule has 2 aromatic heterocycles. The molecule has 1 saturated carbocycles. The predicted octanol–water partition coefficient (Wildman–Crippen LogP) is 2.92. The fraction of sp³-hybridized carbons (Fsp3) is 0.364. The summed E-state index contributed by atoms with van der Waals surface area (Å²) in [5.74, 6) is 0.837. The van der Waals surface area contributed by atoms with Gasteiger partial charge in [0.2, 0.25) is 5.91 Å². The van der Waals surface area contributed by atoms with E-state index in [4.69, 9.17) is 0 Å². The summed E-state index contributed by atoms with van der Waals surface area (Å²) in [5, 5.41) is 12.6. The van der Waals surface area contributed by atoms with Gasteiger partial charge in [-0.25, -0.2) is 4.98 Å². The quantitative estimate of drug-likeness (QED) is 0.718. The van der Waals surface area contributed by atoms with Crippen molar-refractivity contribution in [1.29, 1.82) is 0 Å². The summed E-state index contributed by atoms with van der Waals surface area (Å²) in [6, 6.07) is 14.5. The molecule has 1 aliphatic heterocycles. The molecule has 1 aromatic carbocycles. The van der Waals surface area contributed by atoms with Crippen LogP contribution < -0.4 is 5.32 Å². The van der Waals surface area contributed by atoms with E-state index in [1.54, 1.807) is 0 Å². The van der Waals surface area contributed by atoms with Crippen molar-refractivity contribution in [3.8, 4) is 11.3 Å². The lowest BCUT2D eigenvalue weighted by Crippen LogP contribution is -2.21. The second kappa shape index (κ2) is 7.04. The maximum absolute atomic E-state index is 12.0. The van der Waals surface area contributed by atoms with Gasteiger partial charge in [0.25, 0.3) is 0 Å². The van der Waals surface area contributed by atoms with Crippen LogP contribution in [0.15, 0.2) is 48.7 Å². The van der Waals surface area contributed by atoms with E-state index in [0.29, 0.717) is 5.82 Å². The number of nitrogens with zero attached hydrogens (tertiary/aromatic N) is 3. The second-order valence-corrected chi connectivity index (χ2v) is 7.90. The molecule has 2 N–H and O–H groups in total. The van der Waals surface area contributed by atoms with E-state index in [1.165, 1.54) is 5.56 Å². The Morgan fingerprint density at radius 2 is 1.96 bits per heavy atom. The van der Waals surface area contributed by atoms with Gasteiger partial charge in [0.15, 0.2) is 5.82 Å². The second-order valence-electron chi connectivity index (χ2n) is 7.90. The fourth-order valence-corrected chi connectivity index (χ4v) is 3.87. The summed E-state index contributed by atoms with van der Waals surface area (Å²) in [4.78, 5) is 18.9. The highest BCUT2D eigenvalue weighted by Gasteiger charge is 2.30. The zero-order chi connectivity index (χ0) is 19.1. The maximum Gasteiger partial charge on any atom is 0.228 e. The third-order valence-corrected chi connectivity index (χ3v) is 5.59. The standard InChI is InChI=1S/C22H24N4O2/c27-18-10-11-25(13-18)12-15-4-6-16(7-5-15)19-2-1-3-21-23-20(14-26(19)21)24-22(28)17-8-9-17/h1-7,14,17-18,27H,8-13H2,(H,24,28)/t18-/m0/s1. The van der Waals surface area contributed by atoms with Gasteiger partial charge in [0.05, 0.1) is 18.0 Å². The van der Waals surface area contributed by atoms with E-state index in [1.807, 2.05) is 22.7 Å². The number of aliphatic hydroxyl groups excluding tert-OH is 1. The lowest BCUT2D eigenvalue weighted by molar-refractivity contribution is -0.117. The van der Waals surface area contributed by atoms with Gasteiger partial charge < -0.3 is 10.4 Å². The van der Waals surface area contributed by atoms with E-state index in [0.717, 1.165) is 55.8 Å². The first kappa shape index (κ1) is 17.4. The zero-order valence-corrected chi connectivity index (χ0v) is 15.7. The number of fused-ring (bicyclic) bond motifs is 1. The number of imidazole rings is 1. The molecule has 0 unspecified atom stereocenters. The van der Waals surface area contributed by atoms with Crippen molar-refractivity contribution < 1.29 is 9.90 Å². The lowest BCUT2D eigenvalue weighted by atomic mass is 10.1. The molecule has 3 aromatic rings. The minimum atomic E-state index is -0.187. The highest BCUT2D eigenvalue weighted by Crippen LogP contribution is 2.30. The smallest absolute Gasteiger partial charge is 0.228 e. The van der Waals surface area contributed by atoms with Crippen LogP contribution >= 0.6 is 0 Å². The first-order valence-corrected chi connectivity index (χ1v) is 9.94. The number of β-amino-alcohol motifs (C(OH)–C–C–N with tert-alkyl or cyclic N) is 1. The first-order chi connectivity index (χ1) is 13.7. The highest BCUT2D eigenvalue weighted by atomic mass is 16.3. The Morgan fingerprint density at radius 3 is 2.68 bits per heavy atom. The molecular formula is C22H24N4O2. The number of likely N-dealkylation sites (tertiary alicyclic amines) is 1. The molecule has 0 radical (unpaired) electrons. The van der Waals surface area contributed by atoms with Crippen molar-refractivity contribution in [2.24, 2.45) is 5.92 Å². The summed E-state index contributed by atoms with van der Waals surface area (Å²) in [6.07, 6.45) is 4.53. The largest absolute Gasteiger partial charge is 0.392 e. The minimum Gasteiger partial charge on any atom is -0.392 e. The van der Waals surface area contributed by atoms with Crippen LogP contribution in [0.4, 0.5) is 5.82 Å². The van der Waals surface area contributed by atoms with Gasteiger partial charge in [0.1, 0.15) is 5.65 Å². The molecular weight excluding hydrogens is 352 g/mol. The Balaban J connectivity index is 1.37. The van der Waals surface area contributed by atoms with Crippen LogP contribution in [-0.4, -0.2) is 44.5 Å². The van der Waals surface area contributed by atoms with Crippen LogP contribution in [-0.2, 0) is 11.3 Å². The van der Waals surface area contributed by atoms with E-state index >= 15 is 0 Å². The maximum atomic E-state index is 12.0. The van der Waals surface area contributed by atoms with Crippen LogP contribution in [0.25, 0.3) is 16.9 Å². The van der Waals surface area contributed by atoms with Crippen molar-refractivity contribution in [1.82, 2.24) is 14.3 Å². The molecule has 144 valence electrons. The van der Waals surface area contributed by atoms with Gasteiger partial charge in [-0.15, -0.1) is 0 Å². The predicted molar refractivity (Wildman–Crippen MR) is 108 cm³/mol. The van der Waals surface area contributed by atoms with Crippen molar-refractivity contribution in [2.75, 3.05) is 18.4 Å². The highest BCUT2D eigenvalue weighted by molar-refractivity contribution is 5.93. The van der Waals surface area contributed by atoms with Crippen molar-refractivity contribution >= 4 is 17.4 Å². The molecule has 1 amide bonds. The molecule has 3 heterocycles. The molecule has 0 spiro atoms. The van der Waals surface area contributed by atoms with E-state index in [2.05, 4.69) is 45.5 Å². The van der Waals surface area contributed by atoms with Crippen LogP contribution in [0.5, 0.6) is 0 Å². The summed E-state index contributed by atoms with van der Waals surface area (Å²) in [5.41, 5.74) is 4.21. The molecule has 1 atom stereocenters. The number of rotatable bonds is 5. The molecule has 2 fully saturated rings. The average molecular weight is 376 g/mol. The third kappa shape index (κ3) is 3.53. The minimum absolute atomic E-state index is 0.0707. The number of carbonyl (C=O) groups is 1. The molecule has 6 heteroatoms. The number of hydrogen-bond acceptors (Lipinski definition) is 4. The Morgan fingerprint density at radius 1 is 1.14 bits per heavy atom. The van der Waals surface area contributed by atoms with Gasteiger partial charge in [-0.3, -0.25) is 14.1 Å². The number of aliphatic hydroxyl groups is 1. The molecule has 28 heavy (non-hydrogen) atoms. The monoisotopic (exact) mass is 376 g/mol. The Labute approximate surface area is 163 Å². The number of carbonyl (C=O) groups excluding carboxylic acids is 1. The Kier molecular flexibility index (Phi) is 4.37. The molecule has 1 aliphatic carbocycles. The number of anilines is 1. The molecule has 0 bridgehead atoms. The van der Waals surface area contributed by atoms with Gasteiger partial charge >= 0.3 is 0 Å². The Bertz CT molecular complexity index is 1010. The average Bonchev–Trinajstić information content (AvgIpc) is 3.35. The van der Waals surface area contributed by atoms with Crippen LogP contribution in [0, 0.1) is 5.92 Å². The number of hydrogen-bond donors (Lipinski definition) is 2. The summed E-state index contributed by atoms with van der Waals surface area (Å²) >= 11 is 0. The van der Waals surface area contributed by atoms with Gasteiger partial charge in [-0.1, -0.05) is 30.3 Å². The number of aromatic nitrogens is 2. The topological polar surface area (TPSA) is 69.9 Å². The van der Waals surface area contributed by atoms with Crippen molar-refractivity contribution in [3.05, 3.63) is 54.2 Å². The fourth-order valence-electron chi connectivity index (χ4n) is 3.87. The lowest BCUT2D eigenvalue weighted by Gasteiger charge is -2.15. The third-order valence-electron chi connectivity index (χ3n) is 5.59. The van der Waals surface area contributed by atoms with E-state index in [-0.39, 0.29) is 17.9 Å². The van der Waals surface area contributed by atoms with Crippen LogP contribution in [0.3, 0.4) is 0 Å². The number of nitrogens with one attached hydrogen (secondary N) is 1. The molecule has 1 saturated heterocycles. The molecule has 6 nitrogen and oxygen atoms in total. The van der Waals surface area contributed by atoms with Gasteiger partial charge in [0, 0.05) is 25.6 Å².